The minimum Gasteiger partial charge on any atom is -0.308 e. The summed E-state index contributed by atoms with van der Waals surface area (Å²) in [5.41, 5.74) is 0.733. The SMILES string of the molecule is O=C(CCn1cc(Br)cn1)Nc1nn(Cc2c(Cl)cccc2Cl)cc1Cl. The van der Waals surface area contributed by atoms with Crippen molar-refractivity contribution in [3.63, 3.8) is 0 Å². The molecule has 2 aromatic heterocycles. The van der Waals surface area contributed by atoms with Crippen molar-refractivity contribution in [2.24, 2.45) is 0 Å². The zero-order valence-corrected chi connectivity index (χ0v) is 17.1. The lowest BCUT2D eigenvalue weighted by Gasteiger charge is -2.07. The van der Waals surface area contributed by atoms with Gasteiger partial charge in [-0.05, 0) is 28.1 Å². The summed E-state index contributed by atoms with van der Waals surface area (Å²) in [5, 5.41) is 12.5. The van der Waals surface area contributed by atoms with Gasteiger partial charge in [0.15, 0.2) is 5.82 Å². The van der Waals surface area contributed by atoms with Crippen LogP contribution < -0.4 is 5.32 Å². The van der Waals surface area contributed by atoms with Crippen LogP contribution in [0.15, 0.2) is 41.3 Å². The number of halogens is 4. The smallest absolute Gasteiger partial charge is 0.227 e. The molecular formula is C16H13BrCl3N5O. The number of benzene rings is 1. The van der Waals surface area contributed by atoms with Crippen LogP contribution in [0.3, 0.4) is 0 Å². The molecule has 0 aliphatic heterocycles. The van der Waals surface area contributed by atoms with Gasteiger partial charge in [0.05, 0.1) is 17.2 Å². The largest absolute Gasteiger partial charge is 0.308 e. The summed E-state index contributed by atoms with van der Waals surface area (Å²) in [6.07, 6.45) is 5.31. The predicted octanol–water partition coefficient (Wildman–Crippen LogP) is 4.88. The summed E-state index contributed by atoms with van der Waals surface area (Å²) in [5.74, 6) is 0.0843. The molecule has 3 rings (SSSR count). The molecule has 136 valence electrons. The van der Waals surface area contributed by atoms with Crippen molar-refractivity contribution in [1.82, 2.24) is 19.6 Å². The quantitative estimate of drug-likeness (QED) is 0.550. The molecule has 3 aromatic rings. The molecule has 2 heterocycles. The molecule has 0 saturated carbocycles. The van der Waals surface area contributed by atoms with Crippen molar-refractivity contribution in [3.05, 3.63) is 61.9 Å². The van der Waals surface area contributed by atoms with Gasteiger partial charge in [0.25, 0.3) is 0 Å². The van der Waals surface area contributed by atoms with Gasteiger partial charge in [0.2, 0.25) is 5.91 Å². The molecule has 0 unspecified atom stereocenters. The van der Waals surface area contributed by atoms with Gasteiger partial charge < -0.3 is 5.32 Å². The van der Waals surface area contributed by atoms with E-state index in [1.54, 1.807) is 46.2 Å². The topological polar surface area (TPSA) is 64.7 Å². The second kappa shape index (κ2) is 8.43. The number of aryl methyl sites for hydroxylation is 1. The van der Waals surface area contributed by atoms with Gasteiger partial charge in [0, 0.05) is 41.0 Å². The van der Waals surface area contributed by atoms with E-state index >= 15 is 0 Å². The summed E-state index contributed by atoms with van der Waals surface area (Å²) in [7, 11) is 0. The van der Waals surface area contributed by atoms with E-state index in [-0.39, 0.29) is 12.3 Å². The van der Waals surface area contributed by atoms with E-state index in [4.69, 9.17) is 34.8 Å². The molecular weight excluding hydrogens is 464 g/mol. The Balaban J connectivity index is 1.63. The molecule has 0 fully saturated rings. The van der Waals surface area contributed by atoms with Crippen LogP contribution in [0, 0.1) is 0 Å². The molecule has 0 radical (unpaired) electrons. The Kier molecular flexibility index (Phi) is 6.24. The number of aromatic nitrogens is 4. The molecule has 6 nitrogen and oxygen atoms in total. The van der Waals surface area contributed by atoms with Gasteiger partial charge in [-0.2, -0.15) is 10.2 Å². The van der Waals surface area contributed by atoms with Crippen molar-refractivity contribution < 1.29 is 4.79 Å². The number of nitrogens with one attached hydrogen (secondary N) is 1. The first-order valence-electron chi connectivity index (χ1n) is 7.56. The van der Waals surface area contributed by atoms with Gasteiger partial charge in [-0.25, -0.2) is 0 Å². The molecule has 26 heavy (non-hydrogen) atoms. The second-order valence-electron chi connectivity index (χ2n) is 5.44. The average molecular weight is 478 g/mol. The van der Waals surface area contributed by atoms with Gasteiger partial charge in [-0.1, -0.05) is 40.9 Å². The van der Waals surface area contributed by atoms with Crippen molar-refractivity contribution in [2.45, 2.75) is 19.5 Å². The zero-order valence-electron chi connectivity index (χ0n) is 13.3. The predicted molar refractivity (Wildman–Crippen MR) is 106 cm³/mol. The normalized spacial score (nSPS) is 10.9. The maximum absolute atomic E-state index is 12.1. The zero-order chi connectivity index (χ0) is 18.7. The Morgan fingerprint density at radius 2 is 1.85 bits per heavy atom. The Hall–Kier alpha value is -1.54. The molecule has 0 bridgehead atoms. The number of carbonyl (C=O) groups is 1. The van der Waals surface area contributed by atoms with E-state index in [0.29, 0.717) is 34.0 Å². The van der Waals surface area contributed by atoms with Gasteiger partial charge >= 0.3 is 0 Å². The van der Waals surface area contributed by atoms with Gasteiger partial charge in [0.1, 0.15) is 5.02 Å². The third-order valence-electron chi connectivity index (χ3n) is 3.53. The highest BCUT2D eigenvalue weighted by atomic mass is 79.9. The fourth-order valence-corrected chi connectivity index (χ4v) is 3.32. The highest BCUT2D eigenvalue weighted by Crippen LogP contribution is 2.26. The molecule has 1 aromatic carbocycles. The Labute approximate surface area is 173 Å². The van der Waals surface area contributed by atoms with Crippen LogP contribution in [0.5, 0.6) is 0 Å². The number of rotatable bonds is 6. The monoisotopic (exact) mass is 475 g/mol. The second-order valence-corrected chi connectivity index (χ2v) is 7.58. The highest BCUT2D eigenvalue weighted by molar-refractivity contribution is 9.10. The first-order valence-corrected chi connectivity index (χ1v) is 9.48. The summed E-state index contributed by atoms with van der Waals surface area (Å²) in [4.78, 5) is 12.1. The lowest BCUT2D eigenvalue weighted by Crippen LogP contribution is -2.15. The van der Waals surface area contributed by atoms with Crippen LogP contribution >= 0.6 is 50.7 Å². The van der Waals surface area contributed by atoms with E-state index in [1.165, 1.54) is 0 Å². The highest BCUT2D eigenvalue weighted by Gasteiger charge is 2.13. The van der Waals surface area contributed by atoms with E-state index in [2.05, 4.69) is 31.4 Å². The number of hydrogen-bond donors (Lipinski definition) is 1. The van der Waals surface area contributed by atoms with E-state index in [9.17, 15) is 4.79 Å². The van der Waals surface area contributed by atoms with Gasteiger partial charge in [-0.15, -0.1) is 0 Å². The third-order valence-corrected chi connectivity index (χ3v) is 4.92. The lowest BCUT2D eigenvalue weighted by atomic mass is 10.2. The summed E-state index contributed by atoms with van der Waals surface area (Å²) in [6, 6.07) is 5.28. The molecule has 0 aliphatic carbocycles. The number of nitrogens with zero attached hydrogens (tertiary/aromatic N) is 4. The first kappa shape index (κ1) is 19.2. The number of hydrogen-bond acceptors (Lipinski definition) is 3. The number of amides is 1. The van der Waals surface area contributed by atoms with E-state index in [0.717, 1.165) is 10.0 Å². The summed E-state index contributed by atoms with van der Waals surface area (Å²) < 4.78 is 4.11. The third kappa shape index (κ3) is 4.79. The summed E-state index contributed by atoms with van der Waals surface area (Å²) >= 11 is 21.8. The van der Waals surface area contributed by atoms with E-state index in [1.807, 2.05) is 0 Å². The fraction of sp³-hybridized carbons (Fsp3) is 0.188. The Morgan fingerprint density at radius 1 is 1.12 bits per heavy atom. The van der Waals surface area contributed by atoms with Crippen LogP contribution in [0.1, 0.15) is 12.0 Å². The number of carbonyl (C=O) groups excluding carboxylic acids is 1. The molecule has 0 atom stereocenters. The van der Waals surface area contributed by atoms with Crippen LogP contribution in [0.25, 0.3) is 0 Å². The average Bonchev–Trinajstić information content (AvgIpc) is 3.15. The van der Waals surface area contributed by atoms with Crippen molar-refractivity contribution in [1.29, 1.82) is 0 Å². The van der Waals surface area contributed by atoms with E-state index < -0.39 is 0 Å². The standard InChI is InChI=1S/C16H13BrCl3N5O/c17-10-6-21-24(7-10)5-4-15(26)22-16-14(20)9-25(23-16)8-11-12(18)2-1-3-13(11)19/h1-3,6-7,9H,4-5,8H2,(H,22,23,26). The molecule has 10 heteroatoms. The van der Waals surface area contributed by atoms with Crippen molar-refractivity contribution >= 4 is 62.5 Å². The maximum atomic E-state index is 12.1. The van der Waals surface area contributed by atoms with Gasteiger partial charge in [-0.3, -0.25) is 14.2 Å². The molecule has 1 amide bonds. The molecule has 1 N–H and O–H groups in total. The molecule has 0 spiro atoms. The fourth-order valence-electron chi connectivity index (χ4n) is 2.28. The minimum atomic E-state index is -0.209. The van der Waals surface area contributed by atoms with Crippen molar-refractivity contribution in [2.75, 3.05) is 5.32 Å². The van der Waals surface area contributed by atoms with Crippen molar-refractivity contribution in [3.8, 4) is 0 Å². The summed E-state index contributed by atoms with van der Waals surface area (Å²) in [6.45, 7) is 0.792. The Bertz CT molecular complexity index is 920. The lowest BCUT2D eigenvalue weighted by molar-refractivity contribution is -0.116. The van der Waals surface area contributed by atoms with Crippen LogP contribution in [-0.2, 0) is 17.9 Å². The maximum Gasteiger partial charge on any atom is 0.227 e. The number of anilines is 1. The van der Waals surface area contributed by atoms with Crippen LogP contribution in [0.2, 0.25) is 15.1 Å². The molecule has 0 aliphatic rings. The first-order chi connectivity index (χ1) is 12.4. The minimum absolute atomic E-state index is 0.209. The van der Waals surface area contributed by atoms with Crippen LogP contribution in [0.4, 0.5) is 5.82 Å². The van der Waals surface area contributed by atoms with Crippen LogP contribution in [-0.4, -0.2) is 25.5 Å². The molecule has 0 saturated heterocycles. The Morgan fingerprint density at radius 3 is 2.50 bits per heavy atom.